The number of nitrogens with one attached hydrogen (secondary N) is 1. The fourth-order valence-corrected chi connectivity index (χ4v) is 1.34. The average Bonchev–Trinajstić information content (AvgIpc) is 2.39. The summed E-state index contributed by atoms with van der Waals surface area (Å²) in [4.78, 5) is 15.6. The maximum atomic E-state index is 11.6. The predicted molar refractivity (Wildman–Crippen MR) is 63.7 cm³/mol. The van der Waals surface area contributed by atoms with Crippen molar-refractivity contribution in [2.75, 3.05) is 20.8 Å². The maximum absolute atomic E-state index is 11.6. The summed E-state index contributed by atoms with van der Waals surface area (Å²) in [5, 5.41) is 3.00. The molecule has 0 amide bonds. The summed E-state index contributed by atoms with van der Waals surface area (Å²) < 4.78 is 9.68. The third kappa shape index (κ3) is 3.57. The van der Waals surface area contributed by atoms with E-state index in [2.05, 4.69) is 16.9 Å². The van der Waals surface area contributed by atoms with Crippen LogP contribution in [0.1, 0.15) is 11.6 Å². The van der Waals surface area contributed by atoms with Crippen molar-refractivity contribution < 1.29 is 14.3 Å². The first-order chi connectivity index (χ1) is 8.22. The molecule has 17 heavy (non-hydrogen) atoms. The molecule has 0 radical (unpaired) electrons. The van der Waals surface area contributed by atoms with Gasteiger partial charge in [0, 0.05) is 18.8 Å². The van der Waals surface area contributed by atoms with Gasteiger partial charge in [0.15, 0.2) is 0 Å². The first-order valence-corrected chi connectivity index (χ1v) is 5.15. The summed E-state index contributed by atoms with van der Waals surface area (Å²) >= 11 is 0. The van der Waals surface area contributed by atoms with Gasteiger partial charge in [-0.25, -0.2) is 9.78 Å². The smallest absolute Gasteiger partial charge is 0.327 e. The van der Waals surface area contributed by atoms with Gasteiger partial charge in [-0.15, -0.1) is 6.58 Å². The fraction of sp³-hybridized carbons (Fsp3) is 0.333. The first kappa shape index (κ1) is 13.2. The number of esters is 1. The molecule has 0 spiro atoms. The summed E-state index contributed by atoms with van der Waals surface area (Å²) in [6.45, 7) is 4.09. The lowest BCUT2D eigenvalue weighted by atomic mass is 10.1. The monoisotopic (exact) mass is 236 g/mol. The molecule has 0 fully saturated rings. The standard InChI is InChI=1S/C12H16N2O3/c1-4-7-13-11(12(15)17-3)9-5-6-10(16-2)14-8-9/h4-6,8,11,13H,1,7H2,2-3H3. The van der Waals surface area contributed by atoms with Gasteiger partial charge in [-0.3, -0.25) is 5.32 Å². The van der Waals surface area contributed by atoms with Crippen LogP contribution in [0.3, 0.4) is 0 Å². The number of pyridine rings is 1. The highest BCUT2D eigenvalue weighted by atomic mass is 16.5. The Bertz CT molecular complexity index is 376. The van der Waals surface area contributed by atoms with E-state index in [-0.39, 0.29) is 5.97 Å². The minimum absolute atomic E-state index is 0.362. The van der Waals surface area contributed by atoms with E-state index in [9.17, 15) is 4.79 Å². The minimum atomic E-state index is -0.545. The molecule has 1 aromatic heterocycles. The van der Waals surface area contributed by atoms with Crippen LogP contribution in [0.4, 0.5) is 0 Å². The molecule has 0 aliphatic heterocycles. The van der Waals surface area contributed by atoms with Crippen LogP contribution >= 0.6 is 0 Å². The molecular weight excluding hydrogens is 220 g/mol. The van der Waals surface area contributed by atoms with Crippen LogP contribution in [0.2, 0.25) is 0 Å². The zero-order chi connectivity index (χ0) is 12.7. The molecule has 0 saturated heterocycles. The van der Waals surface area contributed by atoms with Crippen LogP contribution < -0.4 is 10.1 Å². The van der Waals surface area contributed by atoms with E-state index < -0.39 is 6.04 Å². The van der Waals surface area contributed by atoms with Gasteiger partial charge in [-0.05, 0) is 11.6 Å². The lowest BCUT2D eigenvalue weighted by Crippen LogP contribution is -2.29. The van der Waals surface area contributed by atoms with Gasteiger partial charge >= 0.3 is 5.97 Å². The molecule has 92 valence electrons. The normalized spacial score (nSPS) is 11.6. The van der Waals surface area contributed by atoms with Crippen molar-refractivity contribution in [3.8, 4) is 5.88 Å². The number of nitrogens with zero attached hydrogens (tertiary/aromatic N) is 1. The van der Waals surface area contributed by atoms with Crippen molar-refractivity contribution in [1.82, 2.24) is 10.3 Å². The van der Waals surface area contributed by atoms with Crippen LogP contribution in [0.15, 0.2) is 31.0 Å². The fourth-order valence-electron chi connectivity index (χ4n) is 1.34. The lowest BCUT2D eigenvalue weighted by molar-refractivity contribution is -0.143. The molecule has 0 aliphatic carbocycles. The van der Waals surface area contributed by atoms with Crippen molar-refractivity contribution in [3.63, 3.8) is 0 Å². The highest BCUT2D eigenvalue weighted by Gasteiger charge is 2.20. The molecule has 0 aliphatic rings. The van der Waals surface area contributed by atoms with Crippen molar-refractivity contribution >= 4 is 5.97 Å². The van der Waals surface area contributed by atoms with E-state index in [1.54, 1.807) is 24.4 Å². The highest BCUT2D eigenvalue weighted by Crippen LogP contribution is 2.16. The van der Waals surface area contributed by atoms with Crippen LogP contribution in [0, 0.1) is 0 Å². The topological polar surface area (TPSA) is 60.5 Å². The highest BCUT2D eigenvalue weighted by molar-refractivity contribution is 5.77. The number of rotatable bonds is 6. The molecule has 0 bridgehead atoms. The molecule has 0 saturated carbocycles. The van der Waals surface area contributed by atoms with E-state index in [0.717, 1.165) is 5.56 Å². The van der Waals surface area contributed by atoms with Gasteiger partial charge in [-0.2, -0.15) is 0 Å². The molecule has 1 aromatic rings. The van der Waals surface area contributed by atoms with Gasteiger partial charge in [0.2, 0.25) is 5.88 Å². The SMILES string of the molecule is C=CCNC(C(=O)OC)c1ccc(OC)nc1. The molecule has 1 N–H and O–H groups in total. The second-order valence-electron chi connectivity index (χ2n) is 3.29. The van der Waals surface area contributed by atoms with E-state index in [1.807, 2.05) is 0 Å². The van der Waals surface area contributed by atoms with E-state index in [0.29, 0.717) is 12.4 Å². The Kier molecular flexibility index (Phi) is 5.16. The van der Waals surface area contributed by atoms with Gasteiger partial charge < -0.3 is 9.47 Å². The molecule has 1 rings (SSSR count). The number of hydrogen-bond acceptors (Lipinski definition) is 5. The molecule has 5 heteroatoms. The number of carbonyl (C=O) groups is 1. The zero-order valence-corrected chi connectivity index (χ0v) is 9.97. The lowest BCUT2D eigenvalue weighted by Gasteiger charge is -2.15. The summed E-state index contributed by atoms with van der Waals surface area (Å²) in [5.74, 6) is 0.139. The quantitative estimate of drug-likeness (QED) is 0.591. The molecular formula is C12H16N2O3. The largest absolute Gasteiger partial charge is 0.481 e. The summed E-state index contributed by atoms with van der Waals surface area (Å²) in [7, 11) is 2.89. The zero-order valence-electron chi connectivity index (χ0n) is 9.97. The second kappa shape index (κ2) is 6.65. The number of methoxy groups -OCH3 is 2. The number of aromatic nitrogens is 1. The van der Waals surface area contributed by atoms with E-state index >= 15 is 0 Å². The van der Waals surface area contributed by atoms with Crippen LogP contribution in [0.25, 0.3) is 0 Å². The van der Waals surface area contributed by atoms with Crippen molar-refractivity contribution in [2.24, 2.45) is 0 Å². The Morgan fingerprint density at radius 3 is 2.82 bits per heavy atom. The van der Waals surface area contributed by atoms with Gasteiger partial charge in [0.1, 0.15) is 6.04 Å². The maximum Gasteiger partial charge on any atom is 0.327 e. The molecule has 1 heterocycles. The van der Waals surface area contributed by atoms with Crippen molar-refractivity contribution in [2.45, 2.75) is 6.04 Å². The Morgan fingerprint density at radius 1 is 1.59 bits per heavy atom. The van der Waals surface area contributed by atoms with Gasteiger partial charge in [-0.1, -0.05) is 6.08 Å². The summed E-state index contributed by atoms with van der Waals surface area (Å²) in [5.41, 5.74) is 0.722. The predicted octanol–water partition coefficient (Wildman–Crippen LogP) is 1.08. The van der Waals surface area contributed by atoms with Crippen LogP contribution in [-0.2, 0) is 9.53 Å². The molecule has 0 aromatic carbocycles. The molecule has 1 atom stereocenters. The summed E-state index contributed by atoms with van der Waals surface area (Å²) in [6, 6.07) is 2.92. The number of ether oxygens (including phenoxy) is 2. The Hall–Kier alpha value is -1.88. The van der Waals surface area contributed by atoms with Crippen LogP contribution in [0.5, 0.6) is 5.88 Å². The minimum Gasteiger partial charge on any atom is -0.481 e. The Labute approximate surface area is 100 Å². The second-order valence-corrected chi connectivity index (χ2v) is 3.29. The summed E-state index contributed by atoms with van der Waals surface area (Å²) in [6.07, 6.45) is 3.25. The average molecular weight is 236 g/mol. The molecule has 1 unspecified atom stereocenters. The number of carbonyl (C=O) groups excluding carboxylic acids is 1. The van der Waals surface area contributed by atoms with Gasteiger partial charge in [0.05, 0.1) is 14.2 Å². The van der Waals surface area contributed by atoms with Crippen molar-refractivity contribution in [3.05, 3.63) is 36.5 Å². The first-order valence-electron chi connectivity index (χ1n) is 5.15. The molecule has 5 nitrogen and oxygen atoms in total. The Morgan fingerprint density at radius 2 is 2.35 bits per heavy atom. The van der Waals surface area contributed by atoms with E-state index in [4.69, 9.17) is 9.47 Å². The van der Waals surface area contributed by atoms with Crippen molar-refractivity contribution in [1.29, 1.82) is 0 Å². The van der Waals surface area contributed by atoms with Crippen LogP contribution in [-0.4, -0.2) is 31.7 Å². The third-order valence-corrected chi connectivity index (χ3v) is 2.20. The Balaban J connectivity index is 2.86. The van der Waals surface area contributed by atoms with Gasteiger partial charge in [0.25, 0.3) is 0 Å². The van der Waals surface area contributed by atoms with E-state index in [1.165, 1.54) is 14.2 Å². The number of hydrogen-bond donors (Lipinski definition) is 1. The third-order valence-electron chi connectivity index (χ3n) is 2.20.